The summed E-state index contributed by atoms with van der Waals surface area (Å²) >= 11 is 0. The molecule has 0 aliphatic carbocycles. The molecule has 23 heavy (non-hydrogen) atoms. The first kappa shape index (κ1) is 16.1. The molecule has 114 valence electrons. The van der Waals surface area contributed by atoms with Crippen LogP contribution >= 0.6 is 0 Å². The van der Waals surface area contributed by atoms with E-state index in [-0.39, 0.29) is 13.2 Å². The van der Waals surface area contributed by atoms with Gasteiger partial charge >= 0.3 is 6.09 Å². The number of carbonyl (C=O) groups excluding carboxylic acids is 1. The SMILES string of the molecule is Cc1ccc(C#N)c(C#CCNC(=O)OCc2ccccc2)c1. The van der Waals surface area contributed by atoms with Crippen molar-refractivity contribution < 1.29 is 9.53 Å². The lowest BCUT2D eigenvalue weighted by molar-refractivity contribution is 0.141. The fourth-order valence-corrected chi connectivity index (χ4v) is 1.89. The first-order valence-electron chi connectivity index (χ1n) is 7.13. The summed E-state index contributed by atoms with van der Waals surface area (Å²) in [6.07, 6.45) is -0.520. The van der Waals surface area contributed by atoms with Gasteiger partial charge in [-0.05, 0) is 30.2 Å². The van der Waals surface area contributed by atoms with Crippen LogP contribution in [-0.2, 0) is 11.3 Å². The summed E-state index contributed by atoms with van der Waals surface area (Å²) in [6, 6.07) is 17.0. The number of hydrogen-bond acceptors (Lipinski definition) is 3. The van der Waals surface area contributed by atoms with Gasteiger partial charge in [0.1, 0.15) is 12.7 Å². The molecule has 0 atom stereocenters. The molecule has 0 radical (unpaired) electrons. The normalized spacial score (nSPS) is 9.22. The summed E-state index contributed by atoms with van der Waals surface area (Å²) in [5.41, 5.74) is 3.14. The molecule has 0 aromatic heterocycles. The summed E-state index contributed by atoms with van der Waals surface area (Å²) in [7, 11) is 0. The van der Waals surface area contributed by atoms with E-state index in [9.17, 15) is 4.79 Å². The molecule has 0 saturated carbocycles. The molecular weight excluding hydrogens is 288 g/mol. The highest BCUT2D eigenvalue weighted by molar-refractivity contribution is 5.67. The van der Waals surface area contributed by atoms with Gasteiger partial charge in [0.15, 0.2) is 0 Å². The predicted octanol–water partition coefficient (Wildman–Crippen LogP) is 3.14. The number of rotatable bonds is 3. The van der Waals surface area contributed by atoms with Crippen molar-refractivity contribution in [2.24, 2.45) is 0 Å². The standard InChI is InChI=1S/C19H16N2O2/c1-15-9-10-18(13-20)17(12-15)8-5-11-21-19(22)23-14-16-6-3-2-4-7-16/h2-4,6-7,9-10,12H,11,14H2,1H3,(H,21,22). The minimum atomic E-state index is -0.520. The predicted molar refractivity (Wildman–Crippen MR) is 87.4 cm³/mol. The van der Waals surface area contributed by atoms with Crippen LogP contribution in [0.3, 0.4) is 0 Å². The van der Waals surface area contributed by atoms with E-state index >= 15 is 0 Å². The molecule has 2 aromatic rings. The number of aryl methyl sites for hydroxylation is 1. The van der Waals surface area contributed by atoms with Gasteiger partial charge in [0.25, 0.3) is 0 Å². The van der Waals surface area contributed by atoms with Crippen LogP contribution in [0.15, 0.2) is 48.5 Å². The van der Waals surface area contributed by atoms with Crippen molar-refractivity contribution in [3.8, 4) is 17.9 Å². The van der Waals surface area contributed by atoms with Crippen LogP contribution < -0.4 is 5.32 Å². The van der Waals surface area contributed by atoms with Crippen molar-refractivity contribution in [2.45, 2.75) is 13.5 Å². The molecule has 0 heterocycles. The Balaban J connectivity index is 1.83. The average molecular weight is 304 g/mol. The molecule has 0 spiro atoms. The second-order valence-corrected chi connectivity index (χ2v) is 4.88. The van der Waals surface area contributed by atoms with Gasteiger partial charge in [0.05, 0.1) is 12.1 Å². The first-order valence-corrected chi connectivity index (χ1v) is 7.13. The molecule has 0 saturated heterocycles. The number of nitriles is 1. The van der Waals surface area contributed by atoms with Crippen molar-refractivity contribution >= 4 is 6.09 Å². The summed E-state index contributed by atoms with van der Waals surface area (Å²) < 4.78 is 5.07. The van der Waals surface area contributed by atoms with E-state index in [0.29, 0.717) is 11.1 Å². The summed E-state index contributed by atoms with van der Waals surface area (Å²) in [5.74, 6) is 5.71. The third-order valence-corrected chi connectivity index (χ3v) is 3.05. The monoisotopic (exact) mass is 304 g/mol. The Kier molecular flexibility index (Phi) is 5.80. The van der Waals surface area contributed by atoms with E-state index < -0.39 is 6.09 Å². The fourth-order valence-electron chi connectivity index (χ4n) is 1.89. The maximum atomic E-state index is 11.6. The number of ether oxygens (including phenoxy) is 1. The van der Waals surface area contributed by atoms with Gasteiger partial charge in [-0.15, -0.1) is 0 Å². The smallest absolute Gasteiger partial charge is 0.408 e. The molecule has 0 bridgehead atoms. The third-order valence-electron chi connectivity index (χ3n) is 3.05. The highest BCUT2D eigenvalue weighted by atomic mass is 16.5. The van der Waals surface area contributed by atoms with Crippen LogP contribution in [0.1, 0.15) is 22.3 Å². The number of carbonyl (C=O) groups is 1. The minimum absolute atomic E-state index is 0.159. The number of alkyl carbamates (subject to hydrolysis) is 1. The quantitative estimate of drug-likeness (QED) is 0.886. The Morgan fingerprint density at radius 3 is 2.70 bits per heavy atom. The van der Waals surface area contributed by atoms with E-state index in [1.54, 1.807) is 6.07 Å². The average Bonchev–Trinajstić information content (AvgIpc) is 2.58. The molecule has 1 N–H and O–H groups in total. The van der Waals surface area contributed by atoms with Crippen LogP contribution in [0, 0.1) is 30.1 Å². The Bertz CT molecular complexity index is 780. The van der Waals surface area contributed by atoms with E-state index in [2.05, 4.69) is 23.2 Å². The van der Waals surface area contributed by atoms with Crippen LogP contribution in [0.4, 0.5) is 4.79 Å². The van der Waals surface area contributed by atoms with Crippen molar-refractivity contribution in [1.29, 1.82) is 5.26 Å². The zero-order valence-electron chi connectivity index (χ0n) is 12.8. The van der Waals surface area contributed by atoms with Crippen LogP contribution in [0.5, 0.6) is 0 Å². The van der Waals surface area contributed by atoms with Crippen molar-refractivity contribution in [2.75, 3.05) is 6.54 Å². The summed E-state index contributed by atoms with van der Waals surface area (Å²) in [4.78, 5) is 11.6. The number of amides is 1. The molecule has 0 unspecified atom stereocenters. The lowest BCUT2D eigenvalue weighted by Gasteiger charge is -2.04. The Hall–Kier alpha value is -3.24. The third kappa shape index (κ3) is 5.22. The topological polar surface area (TPSA) is 62.1 Å². The van der Waals surface area contributed by atoms with Gasteiger partial charge in [0.2, 0.25) is 0 Å². The molecule has 4 heteroatoms. The molecule has 0 aliphatic heterocycles. The number of benzene rings is 2. The maximum absolute atomic E-state index is 11.6. The van der Waals surface area contributed by atoms with E-state index in [0.717, 1.165) is 11.1 Å². The van der Waals surface area contributed by atoms with Crippen LogP contribution in [0.25, 0.3) is 0 Å². The van der Waals surface area contributed by atoms with Crippen molar-refractivity contribution in [3.05, 3.63) is 70.8 Å². The van der Waals surface area contributed by atoms with Crippen molar-refractivity contribution in [1.82, 2.24) is 5.32 Å². The van der Waals surface area contributed by atoms with Crippen LogP contribution in [0.2, 0.25) is 0 Å². The molecule has 2 aromatic carbocycles. The van der Waals surface area contributed by atoms with Gasteiger partial charge in [-0.2, -0.15) is 5.26 Å². The van der Waals surface area contributed by atoms with Crippen molar-refractivity contribution in [3.63, 3.8) is 0 Å². The second kappa shape index (κ2) is 8.26. The molecular formula is C19H16N2O2. The lowest BCUT2D eigenvalue weighted by atomic mass is 10.1. The highest BCUT2D eigenvalue weighted by Crippen LogP contribution is 2.09. The maximum Gasteiger partial charge on any atom is 0.408 e. The fraction of sp³-hybridized carbons (Fsp3) is 0.158. The zero-order chi connectivity index (χ0) is 16.5. The number of nitrogens with one attached hydrogen (secondary N) is 1. The van der Waals surface area contributed by atoms with E-state index in [4.69, 9.17) is 10.00 Å². The van der Waals surface area contributed by atoms with E-state index in [1.165, 1.54) is 0 Å². The minimum Gasteiger partial charge on any atom is -0.445 e. The largest absolute Gasteiger partial charge is 0.445 e. The zero-order valence-corrected chi connectivity index (χ0v) is 12.8. The highest BCUT2D eigenvalue weighted by Gasteiger charge is 2.01. The molecule has 4 nitrogen and oxygen atoms in total. The molecule has 0 fully saturated rings. The Morgan fingerprint density at radius 2 is 1.96 bits per heavy atom. The molecule has 2 rings (SSSR count). The summed E-state index contributed by atoms with van der Waals surface area (Å²) in [6.45, 7) is 2.31. The Morgan fingerprint density at radius 1 is 1.17 bits per heavy atom. The van der Waals surface area contributed by atoms with Gasteiger partial charge in [-0.1, -0.05) is 48.2 Å². The van der Waals surface area contributed by atoms with Gasteiger partial charge in [-0.3, -0.25) is 0 Å². The molecule has 0 aliphatic rings. The summed E-state index contributed by atoms with van der Waals surface area (Å²) in [5, 5.41) is 11.6. The van der Waals surface area contributed by atoms with Gasteiger partial charge in [-0.25, -0.2) is 4.79 Å². The number of nitrogens with zero attached hydrogens (tertiary/aromatic N) is 1. The van der Waals surface area contributed by atoms with Crippen LogP contribution in [-0.4, -0.2) is 12.6 Å². The Labute approximate surface area is 135 Å². The first-order chi connectivity index (χ1) is 11.2. The second-order valence-electron chi connectivity index (χ2n) is 4.88. The van der Waals surface area contributed by atoms with Gasteiger partial charge < -0.3 is 10.1 Å². The van der Waals surface area contributed by atoms with E-state index in [1.807, 2.05) is 49.4 Å². The number of hydrogen-bond donors (Lipinski definition) is 1. The molecule has 1 amide bonds. The lowest BCUT2D eigenvalue weighted by Crippen LogP contribution is -2.24. The van der Waals surface area contributed by atoms with Gasteiger partial charge in [0, 0.05) is 5.56 Å².